The van der Waals surface area contributed by atoms with E-state index in [4.69, 9.17) is 10.5 Å². The second kappa shape index (κ2) is 4.81. The summed E-state index contributed by atoms with van der Waals surface area (Å²) >= 11 is 0. The Morgan fingerprint density at radius 1 is 1.53 bits per heavy atom. The maximum Gasteiger partial charge on any atom is 0.0547 e. The molecule has 88 valence electrons. The molecule has 0 aromatic carbocycles. The van der Waals surface area contributed by atoms with Gasteiger partial charge < -0.3 is 15.4 Å². The van der Waals surface area contributed by atoms with Crippen LogP contribution < -0.4 is 5.73 Å². The van der Waals surface area contributed by atoms with Crippen molar-refractivity contribution in [1.82, 2.24) is 4.90 Å². The van der Waals surface area contributed by atoms with Gasteiger partial charge in [0.1, 0.15) is 0 Å². The van der Waals surface area contributed by atoms with Gasteiger partial charge in [0.25, 0.3) is 0 Å². The van der Waals surface area contributed by atoms with Crippen LogP contribution in [0.25, 0.3) is 0 Å². The molecule has 2 rings (SSSR count). The summed E-state index contributed by atoms with van der Waals surface area (Å²) in [4.78, 5) is 2.59. The fourth-order valence-corrected chi connectivity index (χ4v) is 2.90. The van der Waals surface area contributed by atoms with Gasteiger partial charge in [-0.2, -0.15) is 0 Å². The molecule has 2 unspecified atom stereocenters. The Balaban J connectivity index is 1.88. The second-order valence-corrected chi connectivity index (χ2v) is 5.49. The fraction of sp³-hybridized carbons (Fsp3) is 1.00. The van der Waals surface area contributed by atoms with Gasteiger partial charge in [-0.3, -0.25) is 0 Å². The predicted molar refractivity (Wildman–Crippen MR) is 61.8 cm³/mol. The zero-order chi connectivity index (χ0) is 10.7. The molecule has 0 aromatic rings. The molecule has 0 bridgehead atoms. The molecule has 0 spiro atoms. The number of likely N-dealkylation sites (tertiary alicyclic amines) is 1. The van der Waals surface area contributed by atoms with E-state index in [1.54, 1.807) is 0 Å². The van der Waals surface area contributed by atoms with Crippen molar-refractivity contribution in [2.75, 3.05) is 39.4 Å². The Morgan fingerprint density at radius 2 is 2.40 bits per heavy atom. The van der Waals surface area contributed by atoms with Crippen molar-refractivity contribution >= 4 is 0 Å². The molecule has 0 saturated carbocycles. The van der Waals surface area contributed by atoms with E-state index >= 15 is 0 Å². The van der Waals surface area contributed by atoms with Gasteiger partial charge in [0, 0.05) is 31.7 Å². The summed E-state index contributed by atoms with van der Waals surface area (Å²) in [7, 11) is 0. The van der Waals surface area contributed by atoms with Crippen molar-refractivity contribution in [3.63, 3.8) is 0 Å². The van der Waals surface area contributed by atoms with E-state index in [2.05, 4.69) is 11.8 Å². The highest BCUT2D eigenvalue weighted by Gasteiger charge is 2.36. The van der Waals surface area contributed by atoms with Crippen LogP contribution in [0.4, 0.5) is 0 Å². The quantitative estimate of drug-likeness (QED) is 0.761. The first-order valence-electron chi connectivity index (χ1n) is 6.24. The Bertz CT molecular complexity index is 202. The van der Waals surface area contributed by atoms with Crippen molar-refractivity contribution in [3.05, 3.63) is 0 Å². The standard InChI is InChI=1S/C12H24N2O/c1-11-3-2-5-14(7-11)9-12(8-13)4-6-15-10-12/h11H,2-10,13H2,1H3. The third-order valence-electron chi connectivity index (χ3n) is 3.92. The lowest BCUT2D eigenvalue weighted by atomic mass is 9.85. The van der Waals surface area contributed by atoms with Crippen molar-refractivity contribution in [2.45, 2.75) is 26.2 Å². The van der Waals surface area contributed by atoms with Crippen molar-refractivity contribution < 1.29 is 4.74 Å². The average Bonchev–Trinajstić information content (AvgIpc) is 2.67. The first-order chi connectivity index (χ1) is 7.24. The number of rotatable bonds is 3. The van der Waals surface area contributed by atoms with E-state index in [0.29, 0.717) is 0 Å². The van der Waals surface area contributed by atoms with Crippen molar-refractivity contribution in [1.29, 1.82) is 0 Å². The Kier molecular flexibility index (Phi) is 3.65. The van der Waals surface area contributed by atoms with Crippen LogP contribution in [-0.2, 0) is 4.74 Å². The Labute approximate surface area is 93.0 Å². The van der Waals surface area contributed by atoms with Gasteiger partial charge in [-0.15, -0.1) is 0 Å². The van der Waals surface area contributed by atoms with Crippen LogP contribution in [0.1, 0.15) is 26.2 Å². The Morgan fingerprint density at radius 3 is 3.00 bits per heavy atom. The van der Waals surface area contributed by atoms with E-state index in [9.17, 15) is 0 Å². The summed E-state index contributed by atoms with van der Waals surface area (Å²) in [6.07, 6.45) is 3.89. The van der Waals surface area contributed by atoms with Crippen LogP contribution in [0.5, 0.6) is 0 Å². The fourth-order valence-electron chi connectivity index (χ4n) is 2.90. The average molecular weight is 212 g/mol. The zero-order valence-corrected chi connectivity index (χ0v) is 9.87. The number of ether oxygens (including phenoxy) is 1. The predicted octanol–water partition coefficient (Wildman–Crippen LogP) is 1.08. The number of hydrogen-bond acceptors (Lipinski definition) is 3. The minimum absolute atomic E-state index is 0.261. The summed E-state index contributed by atoms with van der Waals surface area (Å²) in [5.74, 6) is 0.857. The molecule has 2 aliphatic heterocycles. The van der Waals surface area contributed by atoms with Crippen molar-refractivity contribution in [3.8, 4) is 0 Å². The topological polar surface area (TPSA) is 38.5 Å². The minimum Gasteiger partial charge on any atom is -0.381 e. The molecule has 3 nitrogen and oxygen atoms in total. The third kappa shape index (κ3) is 2.71. The van der Waals surface area contributed by atoms with Gasteiger partial charge in [-0.1, -0.05) is 6.92 Å². The lowest BCUT2D eigenvalue weighted by Gasteiger charge is -2.37. The SMILES string of the molecule is CC1CCCN(CC2(CN)CCOC2)C1. The molecule has 2 saturated heterocycles. The van der Waals surface area contributed by atoms with Gasteiger partial charge in [0.15, 0.2) is 0 Å². The molecule has 0 aromatic heterocycles. The summed E-state index contributed by atoms with van der Waals surface area (Å²) < 4.78 is 5.51. The smallest absolute Gasteiger partial charge is 0.0547 e. The third-order valence-corrected chi connectivity index (χ3v) is 3.92. The summed E-state index contributed by atoms with van der Waals surface area (Å²) in [5.41, 5.74) is 6.17. The van der Waals surface area contributed by atoms with Crippen LogP contribution >= 0.6 is 0 Å². The highest BCUT2D eigenvalue weighted by Crippen LogP contribution is 2.30. The van der Waals surface area contributed by atoms with E-state index in [-0.39, 0.29) is 5.41 Å². The summed E-state index contributed by atoms with van der Waals surface area (Å²) in [5, 5.41) is 0. The molecule has 0 amide bonds. The first kappa shape index (κ1) is 11.4. The molecule has 2 N–H and O–H groups in total. The Hall–Kier alpha value is -0.120. The summed E-state index contributed by atoms with van der Waals surface area (Å²) in [6, 6.07) is 0. The van der Waals surface area contributed by atoms with Gasteiger partial charge in [0.05, 0.1) is 6.61 Å². The second-order valence-electron chi connectivity index (χ2n) is 5.49. The number of piperidine rings is 1. The van der Waals surface area contributed by atoms with E-state index in [1.807, 2.05) is 0 Å². The largest absolute Gasteiger partial charge is 0.381 e. The molecule has 2 atom stereocenters. The first-order valence-corrected chi connectivity index (χ1v) is 6.24. The summed E-state index contributed by atoms with van der Waals surface area (Å²) in [6.45, 7) is 8.56. The van der Waals surface area contributed by atoms with Crippen LogP contribution in [0, 0.1) is 11.3 Å². The van der Waals surface area contributed by atoms with Gasteiger partial charge in [-0.05, 0) is 31.7 Å². The molecule has 15 heavy (non-hydrogen) atoms. The highest BCUT2D eigenvalue weighted by molar-refractivity contribution is 4.88. The number of nitrogens with zero attached hydrogens (tertiary/aromatic N) is 1. The van der Waals surface area contributed by atoms with Crippen LogP contribution in [0.3, 0.4) is 0 Å². The minimum atomic E-state index is 0.261. The van der Waals surface area contributed by atoms with Gasteiger partial charge >= 0.3 is 0 Å². The molecule has 0 radical (unpaired) electrons. The van der Waals surface area contributed by atoms with Crippen LogP contribution in [0.2, 0.25) is 0 Å². The molecule has 3 heteroatoms. The molecule has 2 heterocycles. The lowest BCUT2D eigenvalue weighted by molar-refractivity contribution is 0.0908. The number of nitrogens with two attached hydrogens (primary N) is 1. The molecule has 2 aliphatic rings. The lowest BCUT2D eigenvalue weighted by Crippen LogP contribution is -2.46. The monoisotopic (exact) mass is 212 g/mol. The molecular formula is C12H24N2O. The molecule has 2 fully saturated rings. The van der Waals surface area contributed by atoms with Crippen molar-refractivity contribution in [2.24, 2.45) is 17.1 Å². The van der Waals surface area contributed by atoms with Crippen LogP contribution in [0.15, 0.2) is 0 Å². The highest BCUT2D eigenvalue weighted by atomic mass is 16.5. The van der Waals surface area contributed by atoms with E-state index < -0.39 is 0 Å². The number of hydrogen-bond donors (Lipinski definition) is 1. The zero-order valence-electron chi connectivity index (χ0n) is 9.87. The maximum atomic E-state index is 5.91. The van der Waals surface area contributed by atoms with E-state index in [0.717, 1.165) is 38.6 Å². The molecule has 0 aliphatic carbocycles. The van der Waals surface area contributed by atoms with Crippen LogP contribution in [-0.4, -0.2) is 44.3 Å². The molecular weight excluding hydrogens is 188 g/mol. The van der Waals surface area contributed by atoms with Gasteiger partial charge in [-0.25, -0.2) is 0 Å². The van der Waals surface area contributed by atoms with Gasteiger partial charge in [0.2, 0.25) is 0 Å². The normalized spacial score (nSPS) is 38.4. The van der Waals surface area contributed by atoms with E-state index in [1.165, 1.54) is 25.9 Å². The maximum absolute atomic E-state index is 5.91.